The minimum atomic E-state index is 0.424. The van der Waals surface area contributed by atoms with Crippen LogP contribution in [0.2, 0.25) is 0 Å². The third-order valence-corrected chi connectivity index (χ3v) is 4.25. The van der Waals surface area contributed by atoms with Crippen molar-refractivity contribution in [2.75, 3.05) is 6.54 Å². The van der Waals surface area contributed by atoms with Crippen molar-refractivity contribution in [1.82, 2.24) is 10.3 Å². The second-order valence-electron chi connectivity index (χ2n) is 6.79. The van der Waals surface area contributed by atoms with Crippen molar-refractivity contribution in [3.63, 3.8) is 0 Å². The van der Waals surface area contributed by atoms with Crippen LogP contribution in [-0.2, 0) is 17.9 Å². The van der Waals surface area contributed by atoms with Crippen LogP contribution in [0.25, 0.3) is 0 Å². The van der Waals surface area contributed by atoms with Crippen molar-refractivity contribution < 1.29 is 4.74 Å². The number of rotatable bonds is 7. The highest BCUT2D eigenvalue weighted by molar-refractivity contribution is 5.13. The van der Waals surface area contributed by atoms with Crippen molar-refractivity contribution in [3.05, 3.63) is 29.6 Å². The molecule has 1 aromatic heterocycles. The number of hydrogen-bond donors (Lipinski definition) is 1. The molecule has 21 heavy (non-hydrogen) atoms. The molecule has 1 aliphatic carbocycles. The fraction of sp³-hybridized carbons (Fsp3) is 0.722. The van der Waals surface area contributed by atoms with Gasteiger partial charge in [0.25, 0.3) is 0 Å². The topological polar surface area (TPSA) is 34.1 Å². The van der Waals surface area contributed by atoms with E-state index in [2.05, 4.69) is 43.2 Å². The second kappa shape index (κ2) is 8.50. The molecule has 1 saturated carbocycles. The number of nitrogens with one attached hydrogen (secondary N) is 1. The molecule has 118 valence electrons. The van der Waals surface area contributed by atoms with Gasteiger partial charge in [-0.1, -0.05) is 39.7 Å². The largest absolute Gasteiger partial charge is 0.372 e. The lowest BCUT2D eigenvalue weighted by atomic mass is 9.88. The normalized spacial score (nSPS) is 22.7. The summed E-state index contributed by atoms with van der Waals surface area (Å²) in [5, 5.41) is 3.44. The average Bonchev–Trinajstić information content (AvgIpc) is 2.47. The Balaban J connectivity index is 1.74. The minimum Gasteiger partial charge on any atom is -0.372 e. The van der Waals surface area contributed by atoms with Crippen LogP contribution in [0.5, 0.6) is 0 Å². The average molecular weight is 290 g/mol. The summed E-state index contributed by atoms with van der Waals surface area (Å²) < 4.78 is 6.06. The lowest BCUT2D eigenvalue weighted by molar-refractivity contribution is -0.0167. The van der Waals surface area contributed by atoms with Crippen molar-refractivity contribution in [3.8, 4) is 0 Å². The molecule has 1 aliphatic rings. The van der Waals surface area contributed by atoms with Crippen molar-refractivity contribution >= 4 is 0 Å². The van der Waals surface area contributed by atoms with Gasteiger partial charge in [0.15, 0.2) is 0 Å². The highest BCUT2D eigenvalue weighted by Crippen LogP contribution is 2.26. The fourth-order valence-electron chi connectivity index (χ4n) is 2.87. The van der Waals surface area contributed by atoms with E-state index in [-0.39, 0.29) is 0 Å². The van der Waals surface area contributed by atoms with Gasteiger partial charge in [-0.2, -0.15) is 0 Å². The van der Waals surface area contributed by atoms with Gasteiger partial charge in [-0.25, -0.2) is 0 Å². The van der Waals surface area contributed by atoms with Gasteiger partial charge in [0.1, 0.15) is 0 Å². The first kappa shape index (κ1) is 16.4. The van der Waals surface area contributed by atoms with E-state index >= 15 is 0 Å². The maximum absolute atomic E-state index is 6.06. The second-order valence-corrected chi connectivity index (χ2v) is 6.79. The van der Waals surface area contributed by atoms with Gasteiger partial charge < -0.3 is 10.1 Å². The van der Waals surface area contributed by atoms with Crippen molar-refractivity contribution in [2.24, 2.45) is 11.8 Å². The lowest BCUT2D eigenvalue weighted by Gasteiger charge is -2.28. The van der Waals surface area contributed by atoms with E-state index in [0.717, 1.165) is 18.8 Å². The van der Waals surface area contributed by atoms with Gasteiger partial charge in [0, 0.05) is 12.7 Å². The summed E-state index contributed by atoms with van der Waals surface area (Å²) in [5.41, 5.74) is 2.28. The molecule has 3 heteroatoms. The minimum absolute atomic E-state index is 0.424. The summed E-state index contributed by atoms with van der Waals surface area (Å²) in [6.07, 6.45) is 7.57. The Kier molecular flexibility index (Phi) is 6.65. The first-order valence-corrected chi connectivity index (χ1v) is 8.41. The molecule has 2 atom stereocenters. The zero-order valence-corrected chi connectivity index (χ0v) is 13.8. The van der Waals surface area contributed by atoms with Gasteiger partial charge in [-0.05, 0) is 42.9 Å². The van der Waals surface area contributed by atoms with E-state index in [4.69, 9.17) is 4.74 Å². The maximum atomic E-state index is 6.06. The van der Waals surface area contributed by atoms with Gasteiger partial charge >= 0.3 is 0 Å². The monoisotopic (exact) mass is 290 g/mol. The number of pyridine rings is 1. The Bertz CT molecular complexity index is 402. The molecular formula is C18H30N2O. The molecular weight excluding hydrogens is 260 g/mol. The summed E-state index contributed by atoms with van der Waals surface area (Å²) >= 11 is 0. The summed E-state index contributed by atoms with van der Waals surface area (Å²) in [6, 6.07) is 4.25. The zero-order valence-electron chi connectivity index (χ0n) is 13.8. The van der Waals surface area contributed by atoms with Crippen LogP contribution in [0, 0.1) is 11.8 Å². The molecule has 0 saturated heterocycles. The third kappa shape index (κ3) is 5.76. The number of nitrogens with zero attached hydrogens (tertiary/aromatic N) is 1. The van der Waals surface area contributed by atoms with E-state index in [1.54, 1.807) is 0 Å². The van der Waals surface area contributed by atoms with Crippen LogP contribution in [0.1, 0.15) is 57.7 Å². The Morgan fingerprint density at radius 2 is 2.10 bits per heavy atom. The first-order valence-electron chi connectivity index (χ1n) is 8.41. The molecule has 1 aromatic rings. The van der Waals surface area contributed by atoms with Crippen molar-refractivity contribution in [1.29, 1.82) is 0 Å². The standard InChI is InChI=1S/C18H30N2O/c1-14(2)10-19-11-16-8-9-17(20-12-16)13-21-18-7-5-4-6-15(18)3/h8-9,12,14-15,18-19H,4-7,10-11,13H2,1-3H3. The van der Waals surface area contributed by atoms with Crippen LogP contribution in [0.4, 0.5) is 0 Å². The van der Waals surface area contributed by atoms with Crippen LogP contribution < -0.4 is 5.32 Å². The molecule has 1 N–H and O–H groups in total. The summed E-state index contributed by atoms with van der Waals surface area (Å²) in [6.45, 7) is 9.34. The summed E-state index contributed by atoms with van der Waals surface area (Å²) in [5.74, 6) is 1.38. The van der Waals surface area contributed by atoms with E-state index in [0.29, 0.717) is 24.5 Å². The summed E-state index contributed by atoms with van der Waals surface area (Å²) in [4.78, 5) is 4.52. The van der Waals surface area contributed by atoms with E-state index in [1.165, 1.54) is 31.2 Å². The van der Waals surface area contributed by atoms with Gasteiger partial charge in [0.05, 0.1) is 18.4 Å². The predicted molar refractivity (Wildman–Crippen MR) is 87.0 cm³/mol. The molecule has 0 spiro atoms. The Hall–Kier alpha value is -0.930. The van der Waals surface area contributed by atoms with Gasteiger partial charge in [0.2, 0.25) is 0 Å². The molecule has 1 fully saturated rings. The highest BCUT2D eigenvalue weighted by atomic mass is 16.5. The Morgan fingerprint density at radius 1 is 1.29 bits per heavy atom. The lowest BCUT2D eigenvalue weighted by Crippen LogP contribution is -2.25. The molecule has 0 aromatic carbocycles. The van der Waals surface area contributed by atoms with Crippen LogP contribution >= 0.6 is 0 Å². The summed E-state index contributed by atoms with van der Waals surface area (Å²) in [7, 11) is 0. The maximum Gasteiger partial charge on any atom is 0.0891 e. The van der Waals surface area contributed by atoms with Crippen LogP contribution in [0.3, 0.4) is 0 Å². The third-order valence-electron chi connectivity index (χ3n) is 4.25. The highest BCUT2D eigenvalue weighted by Gasteiger charge is 2.21. The molecule has 0 radical (unpaired) electrons. The molecule has 1 heterocycles. The fourth-order valence-corrected chi connectivity index (χ4v) is 2.87. The molecule has 0 bridgehead atoms. The van der Waals surface area contributed by atoms with Gasteiger partial charge in [-0.15, -0.1) is 0 Å². The van der Waals surface area contributed by atoms with E-state index in [9.17, 15) is 0 Å². The SMILES string of the molecule is CC(C)CNCc1ccc(COC2CCCCC2C)nc1. The molecule has 2 unspecified atom stereocenters. The number of aromatic nitrogens is 1. The molecule has 0 amide bonds. The van der Waals surface area contributed by atoms with Crippen LogP contribution in [0.15, 0.2) is 18.3 Å². The van der Waals surface area contributed by atoms with E-state index in [1.807, 2.05) is 6.20 Å². The smallest absolute Gasteiger partial charge is 0.0891 e. The van der Waals surface area contributed by atoms with Crippen molar-refractivity contribution in [2.45, 2.75) is 65.7 Å². The molecule has 2 rings (SSSR count). The first-order chi connectivity index (χ1) is 10.1. The molecule has 3 nitrogen and oxygen atoms in total. The Labute approximate surface area is 129 Å². The number of hydrogen-bond acceptors (Lipinski definition) is 3. The van der Waals surface area contributed by atoms with E-state index < -0.39 is 0 Å². The number of ether oxygens (including phenoxy) is 1. The zero-order chi connectivity index (χ0) is 15.1. The Morgan fingerprint density at radius 3 is 2.76 bits per heavy atom. The predicted octanol–water partition coefficient (Wildman–Crippen LogP) is 3.92. The van der Waals surface area contributed by atoms with Crippen LogP contribution in [-0.4, -0.2) is 17.6 Å². The quantitative estimate of drug-likeness (QED) is 0.826. The molecule has 0 aliphatic heterocycles. The van der Waals surface area contributed by atoms with Gasteiger partial charge in [-0.3, -0.25) is 4.98 Å².